The van der Waals surface area contributed by atoms with E-state index in [0.29, 0.717) is 41.4 Å². The molecule has 2 N–H and O–H groups in total. The van der Waals surface area contributed by atoms with Crippen molar-refractivity contribution < 1.29 is 9.53 Å². The van der Waals surface area contributed by atoms with Gasteiger partial charge in [-0.1, -0.05) is 36.0 Å². The molecule has 150 valence electrons. The van der Waals surface area contributed by atoms with Gasteiger partial charge in [-0.2, -0.15) is 4.99 Å². The molecule has 2 aromatic carbocycles. The molecule has 0 fully saturated rings. The Morgan fingerprint density at radius 1 is 1.10 bits per heavy atom. The molecule has 0 spiro atoms. The van der Waals surface area contributed by atoms with Gasteiger partial charge in [-0.25, -0.2) is 4.98 Å². The first-order valence-electron chi connectivity index (χ1n) is 8.81. The van der Waals surface area contributed by atoms with E-state index in [9.17, 15) is 9.59 Å². The van der Waals surface area contributed by atoms with Crippen LogP contribution in [0.25, 0.3) is 10.9 Å². The van der Waals surface area contributed by atoms with Crippen molar-refractivity contribution in [1.82, 2.24) is 9.55 Å². The Balaban J connectivity index is 0.00000240. The molecular weight excluding hydrogens is 412 g/mol. The summed E-state index contributed by atoms with van der Waals surface area (Å²) in [6.45, 7) is 0.753. The van der Waals surface area contributed by atoms with E-state index in [2.05, 4.69) is 9.98 Å². The molecule has 0 bridgehead atoms. The number of hydrogen-bond donors (Lipinski definition) is 1. The summed E-state index contributed by atoms with van der Waals surface area (Å²) in [5.74, 6) is 0.518. The average Bonchev–Trinajstić information content (AvgIpc) is 3.02. The number of amides is 1. The smallest absolute Gasteiger partial charge is 0.261 e. The van der Waals surface area contributed by atoms with Gasteiger partial charge in [-0.3, -0.25) is 14.2 Å². The van der Waals surface area contributed by atoms with Crippen LogP contribution in [0.3, 0.4) is 0 Å². The summed E-state index contributed by atoms with van der Waals surface area (Å²) >= 11 is 1.29. The third-order valence-corrected chi connectivity index (χ3v) is 5.42. The fraction of sp³-hybridized carbons (Fsp3) is 0.200. The molecule has 0 saturated carbocycles. The van der Waals surface area contributed by atoms with Crippen molar-refractivity contribution in [2.45, 2.75) is 18.2 Å². The van der Waals surface area contributed by atoms with Gasteiger partial charge >= 0.3 is 0 Å². The average molecular weight is 431 g/mol. The van der Waals surface area contributed by atoms with Crippen LogP contribution in [0.15, 0.2) is 64.6 Å². The van der Waals surface area contributed by atoms with Crippen LogP contribution in [0.4, 0.5) is 0 Å². The summed E-state index contributed by atoms with van der Waals surface area (Å²) < 4.78 is 7.28. The van der Waals surface area contributed by atoms with Crippen molar-refractivity contribution in [1.29, 1.82) is 0 Å². The highest BCUT2D eigenvalue weighted by molar-refractivity contribution is 8.15. The number of thioether (sulfide) groups is 1. The van der Waals surface area contributed by atoms with Crippen molar-refractivity contribution in [3.05, 3.63) is 70.8 Å². The predicted octanol–water partition coefficient (Wildman–Crippen LogP) is 2.40. The highest BCUT2D eigenvalue weighted by Crippen LogP contribution is 2.24. The van der Waals surface area contributed by atoms with E-state index in [0.717, 1.165) is 5.56 Å². The van der Waals surface area contributed by atoms with Crippen LogP contribution in [-0.2, 0) is 17.8 Å². The molecule has 4 rings (SSSR count). The number of carbonyl (C=O) groups is 1. The van der Waals surface area contributed by atoms with Gasteiger partial charge in [0.15, 0.2) is 5.17 Å². The minimum atomic E-state index is -0.251. The number of hydrogen-bond acceptors (Lipinski definition) is 6. The topological polar surface area (TPSA) is 99.6 Å². The number of benzene rings is 2. The summed E-state index contributed by atoms with van der Waals surface area (Å²) in [6.07, 6.45) is 2.12. The predicted molar refractivity (Wildman–Crippen MR) is 117 cm³/mol. The molecule has 29 heavy (non-hydrogen) atoms. The second kappa shape index (κ2) is 9.11. The third-order valence-electron chi connectivity index (χ3n) is 4.44. The van der Waals surface area contributed by atoms with Crippen molar-refractivity contribution in [2.24, 2.45) is 10.7 Å². The Morgan fingerprint density at radius 2 is 1.86 bits per heavy atom. The molecule has 1 aliphatic rings. The highest BCUT2D eigenvalue weighted by Gasteiger charge is 2.26. The van der Waals surface area contributed by atoms with E-state index < -0.39 is 0 Å². The molecule has 2 heterocycles. The molecule has 1 aromatic heterocycles. The molecule has 0 radical (unpaired) electrons. The zero-order valence-electron chi connectivity index (χ0n) is 15.4. The molecule has 0 saturated heterocycles. The third kappa shape index (κ3) is 4.78. The van der Waals surface area contributed by atoms with Gasteiger partial charge in [-0.15, -0.1) is 12.4 Å². The van der Waals surface area contributed by atoms with E-state index in [1.165, 1.54) is 11.8 Å². The fourth-order valence-corrected chi connectivity index (χ4v) is 3.86. The van der Waals surface area contributed by atoms with Crippen molar-refractivity contribution >= 4 is 46.1 Å². The maximum absolute atomic E-state index is 12.4. The molecule has 1 atom stereocenters. The zero-order chi connectivity index (χ0) is 19.5. The number of nitrogens with two attached hydrogens (primary N) is 1. The Kier molecular flexibility index (Phi) is 6.56. The molecule has 9 heteroatoms. The minimum absolute atomic E-state index is 0. The number of ether oxygens (including phenoxy) is 1. The first kappa shape index (κ1) is 20.9. The van der Waals surface area contributed by atoms with E-state index in [1.807, 2.05) is 42.5 Å². The van der Waals surface area contributed by atoms with Crippen molar-refractivity contribution in [2.75, 3.05) is 6.61 Å². The lowest BCUT2D eigenvalue weighted by Crippen LogP contribution is -2.23. The molecule has 1 unspecified atom stereocenters. The molecule has 7 nitrogen and oxygen atoms in total. The van der Waals surface area contributed by atoms with Gasteiger partial charge in [0, 0.05) is 0 Å². The van der Waals surface area contributed by atoms with Crippen LogP contribution in [-0.4, -0.2) is 32.5 Å². The Bertz CT molecular complexity index is 1110. The first-order valence-corrected chi connectivity index (χ1v) is 9.69. The number of carbonyl (C=O) groups excluding carboxylic acids is 1. The van der Waals surface area contributed by atoms with E-state index >= 15 is 0 Å². The lowest BCUT2D eigenvalue weighted by molar-refractivity contribution is -0.117. The molecule has 3 aromatic rings. The van der Waals surface area contributed by atoms with Crippen LogP contribution in [0.1, 0.15) is 5.56 Å². The normalized spacial score (nSPS) is 15.8. The number of halogens is 1. The number of fused-ring (bicyclic) bond motifs is 1. The Labute approximate surface area is 177 Å². The van der Waals surface area contributed by atoms with Gasteiger partial charge in [0.25, 0.3) is 11.5 Å². The lowest BCUT2D eigenvalue weighted by atomic mass is 10.1. The summed E-state index contributed by atoms with van der Waals surface area (Å²) in [5.41, 5.74) is 7.20. The molecule has 0 aliphatic carbocycles. The second-order valence-electron chi connectivity index (χ2n) is 6.35. The van der Waals surface area contributed by atoms with E-state index in [1.54, 1.807) is 17.0 Å². The number of nitrogens with zero attached hydrogens (tertiary/aromatic N) is 3. The quantitative estimate of drug-likeness (QED) is 0.644. The number of aliphatic imine (C=N–C) groups is 1. The SMILES string of the molecule is Cl.NC1=NC(=O)C(Cc2ccc(OCCn3cnc4ccccc4c3=O)cc2)S1. The summed E-state index contributed by atoms with van der Waals surface area (Å²) in [6, 6.07) is 14.8. The number of aromatic nitrogens is 2. The van der Waals surface area contributed by atoms with Gasteiger partial charge in [-0.05, 0) is 36.2 Å². The maximum atomic E-state index is 12.4. The number of para-hydroxylation sites is 1. The van der Waals surface area contributed by atoms with Gasteiger partial charge in [0.05, 0.1) is 29.0 Å². The zero-order valence-corrected chi connectivity index (χ0v) is 17.0. The standard InChI is InChI=1S/C20H18N4O3S.ClH/c21-20-23-18(25)17(28-20)11-13-5-7-14(8-6-13)27-10-9-24-12-22-16-4-2-1-3-15(16)19(24)26;/h1-8,12,17H,9-11H2,(H2,21,23,25);1H. The van der Waals surface area contributed by atoms with Crippen LogP contribution < -0.4 is 16.0 Å². The summed E-state index contributed by atoms with van der Waals surface area (Å²) in [4.78, 5) is 32.2. The summed E-state index contributed by atoms with van der Waals surface area (Å²) in [5, 5.41) is 0.672. The Morgan fingerprint density at radius 3 is 2.59 bits per heavy atom. The molecule has 1 amide bonds. The highest BCUT2D eigenvalue weighted by atomic mass is 35.5. The van der Waals surface area contributed by atoms with E-state index in [4.69, 9.17) is 10.5 Å². The monoisotopic (exact) mass is 430 g/mol. The largest absolute Gasteiger partial charge is 0.492 e. The van der Waals surface area contributed by atoms with Crippen molar-refractivity contribution in [3.63, 3.8) is 0 Å². The summed E-state index contributed by atoms with van der Waals surface area (Å²) in [7, 11) is 0. The van der Waals surface area contributed by atoms with Gasteiger partial charge in [0.1, 0.15) is 12.4 Å². The van der Waals surface area contributed by atoms with Crippen molar-refractivity contribution in [3.8, 4) is 5.75 Å². The number of amidine groups is 1. The van der Waals surface area contributed by atoms with E-state index in [-0.39, 0.29) is 29.1 Å². The maximum Gasteiger partial charge on any atom is 0.261 e. The van der Waals surface area contributed by atoms with Crippen LogP contribution in [0.2, 0.25) is 0 Å². The number of rotatable bonds is 6. The van der Waals surface area contributed by atoms with Crippen LogP contribution in [0.5, 0.6) is 5.75 Å². The fourth-order valence-electron chi connectivity index (χ4n) is 3.00. The minimum Gasteiger partial charge on any atom is -0.492 e. The van der Waals surface area contributed by atoms with Gasteiger partial charge < -0.3 is 10.5 Å². The molecular formula is C20H19ClN4O3S. The van der Waals surface area contributed by atoms with Crippen LogP contribution in [0, 0.1) is 0 Å². The van der Waals surface area contributed by atoms with Gasteiger partial charge in [0.2, 0.25) is 0 Å². The first-order chi connectivity index (χ1) is 13.6. The lowest BCUT2D eigenvalue weighted by Gasteiger charge is -2.10. The second-order valence-corrected chi connectivity index (χ2v) is 7.57. The van der Waals surface area contributed by atoms with Crippen LogP contribution >= 0.6 is 24.2 Å². The molecule has 1 aliphatic heterocycles. The Hall–Kier alpha value is -2.84.